The van der Waals surface area contributed by atoms with Gasteiger partial charge in [0, 0.05) is 6.54 Å². The van der Waals surface area contributed by atoms with Gasteiger partial charge in [-0.15, -0.1) is 0 Å². The van der Waals surface area contributed by atoms with Crippen molar-refractivity contribution >= 4 is 6.09 Å². The molecule has 1 aromatic carbocycles. The predicted octanol–water partition coefficient (Wildman–Crippen LogP) is 5.21. The van der Waals surface area contributed by atoms with Crippen molar-refractivity contribution in [2.45, 2.75) is 71.3 Å². The highest BCUT2D eigenvalue weighted by Gasteiger charge is 2.36. The Bertz CT molecular complexity index is 704. The molecule has 6 nitrogen and oxygen atoms in total. The van der Waals surface area contributed by atoms with Gasteiger partial charge in [0.1, 0.15) is 5.60 Å². The van der Waals surface area contributed by atoms with E-state index in [1.165, 1.54) is 0 Å². The molecule has 0 aliphatic carbocycles. The fourth-order valence-electron chi connectivity index (χ4n) is 3.34. The van der Waals surface area contributed by atoms with Crippen LogP contribution in [0.2, 0.25) is 0 Å². The van der Waals surface area contributed by atoms with Gasteiger partial charge < -0.3 is 19.5 Å². The van der Waals surface area contributed by atoms with Crippen LogP contribution >= 0.6 is 0 Å². The molecule has 1 aromatic rings. The highest BCUT2D eigenvalue weighted by atomic mass is 16.6. The van der Waals surface area contributed by atoms with E-state index in [-0.39, 0.29) is 5.92 Å². The van der Waals surface area contributed by atoms with Crippen molar-refractivity contribution in [3.63, 3.8) is 0 Å². The molecule has 1 N–H and O–H groups in total. The van der Waals surface area contributed by atoms with E-state index in [0.717, 1.165) is 31.2 Å². The number of carbonyl (C=O) groups excluding carboxylic acids is 1. The summed E-state index contributed by atoms with van der Waals surface area (Å²) < 4.78 is 16.0. The predicted molar refractivity (Wildman–Crippen MR) is 114 cm³/mol. The van der Waals surface area contributed by atoms with E-state index in [9.17, 15) is 10.1 Å². The minimum Gasteiger partial charge on any atom is -0.493 e. The zero-order valence-corrected chi connectivity index (χ0v) is 18.9. The van der Waals surface area contributed by atoms with Crippen LogP contribution in [0.1, 0.15) is 65.9 Å². The smallest absolute Gasteiger partial charge is 0.407 e. The van der Waals surface area contributed by atoms with Gasteiger partial charge in [0.05, 0.1) is 25.7 Å². The largest absolute Gasteiger partial charge is 0.493 e. The van der Waals surface area contributed by atoms with Gasteiger partial charge >= 0.3 is 6.09 Å². The average molecular weight is 405 g/mol. The van der Waals surface area contributed by atoms with E-state index in [1.54, 1.807) is 14.2 Å². The molecule has 0 heterocycles. The molecular weight excluding hydrogens is 368 g/mol. The van der Waals surface area contributed by atoms with E-state index in [2.05, 4.69) is 25.2 Å². The van der Waals surface area contributed by atoms with Crippen LogP contribution in [0.15, 0.2) is 18.2 Å². The summed E-state index contributed by atoms with van der Waals surface area (Å²) in [7, 11) is 3.20. The number of hydrogen-bond donors (Lipinski definition) is 1. The molecule has 6 heteroatoms. The fraction of sp³-hybridized carbons (Fsp3) is 0.652. The normalized spacial score (nSPS) is 13.3. The van der Waals surface area contributed by atoms with Gasteiger partial charge in [-0.3, -0.25) is 0 Å². The summed E-state index contributed by atoms with van der Waals surface area (Å²) in [4.78, 5) is 11.7. The Hall–Kier alpha value is -2.42. The lowest BCUT2D eigenvalue weighted by Crippen LogP contribution is -2.33. The van der Waals surface area contributed by atoms with E-state index in [4.69, 9.17) is 14.2 Å². The van der Waals surface area contributed by atoms with Crippen LogP contribution in [0.25, 0.3) is 0 Å². The number of unbranched alkanes of at least 4 members (excludes halogenated alkanes) is 2. The topological polar surface area (TPSA) is 80.6 Å². The van der Waals surface area contributed by atoms with Crippen LogP contribution < -0.4 is 14.8 Å². The third-order valence-electron chi connectivity index (χ3n) is 5.00. The molecule has 1 atom stereocenters. The number of benzene rings is 1. The average Bonchev–Trinajstić information content (AvgIpc) is 2.65. The summed E-state index contributed by atoms with van der Waals surface area (Å²) in [5, 5.41) is 12.9. The summed E-state index contributed by atoms with van der Waals surface area (Å²) in [6.07, 6.45) is 2.99. The monoisotopic (exact) mass is 404 g/mol. The van der Waals surface area contributed by atoms with Crippen LogP contribution in [-0.2, 0) is 10.2 Å². The molecule has 1 unspecified atom stereocenters. The van der Waals surface area contributed by atoms with Crippen molar-refractivity contribution in [2.75, 3.05) is 20.8 Å². The number of hydrogen-bond acceptors (Lipinski definition) is 5. The molecule has 0 spiro atoms. The van der Waals surface area contributed by atoms with Gasteiger partial charge in [-0.05, 0) is 57.2 Å². The van der Waals surface area contributed by atoms with Crippen LogP contribution in [-0.4, -0.2) is 32.5 Å². The molecule has 1 amide bonds. The van der Waals surface area contributed by atoms with Crippen molar-refractivity contribution in [3.05, 3.63) is 23.8 Å². The van der Waals surface area contributed by atoms with Crippen LogP contribution in [0.3, 0.4) is 0 Å². The van der Waals surface area contributed by atoms with Gasteiger partial charge in [-0.1, -0.05) is 32.8 Å². The highest BCUT2D eigenvalue weighted by Crippen LogP contribution is 2.40. The molecule has 0 fully saturated rings. The Kier molecular flexibility index (Phi) is 9.29. The maximum atomic E-state index is 11.7. The number of amides is 1. The highest BCUT2D eigenvalue weighted by molar-refractivity contribution is 5.67. The van der Waals surface area contributed by atoms with Crippen molar-refractivity contribution in [2.24, 2.45) is 5.92 Å². The lowest BCUT2D eigenvalue weighted by Gasteiger charge is -2.32. The Morgan fingerprint density at radius 1 is 1.10 bits per heavy atom. The third kappa shape index (κ3) is 7.16. The van der Waals surface area contributed by atoms with Gasteiger partial charge in [-0.2, -0.15) is 5.26 Å². The summed E-state index contributed by atoms with van der Waals surface area (Å²) >= 11 is 0. The molecule has 0 aliphatic heterocycles. The fourth-order valence-corrected chi connectivity index (χ4v) is 3.34. The lowest BCUT2D eigenvalue weighted by atomic mass is 9.69. The molecule has 0 aromatic heterocycles. The first-order valence-corrected chi connectivity index (χ1v) is 10.2. The summed E-state index contributed by atoms with van der Waals surface area (Å²) in [6.45, 7) is 10.2. The maximum absolute atomic E-state index is 11.7. The Balaban J connectivity index is 2.69. The summed E-state index contributed by atoms with van der Waals surface area (Å²) in [5.41, 5.74) is -0.148. The maximum Gasteiger partial charge on any atom is 0.407 e. The third-order valence-corrected chi connectivity index (χ3v) is 5.00. The van der Waals surface area contributed by atoms with E-state index < -0.39 is 17.1 Å². The molecule has 0 bridgehead atoms. The standard InChI is InChI=1S/C23H36N2O4/c1-17(2)23(16-24,18-11-12-19(27-6)20(15-18)28-7)13-9-8-10-14-25-21(26)29-22(3,4)5/h11-12,15,17H,8-10,13-14H2,1-7H3,(H,25,26). The Morgan fingerprint density at radius 2 is 1.76 bits per heavy atom. The molecular formula is C23H36N2O4. The zero-order valence-electron chi connectivity index (χ0n) is 18.9. The molecule has 1 rings (SSSR count). The van der Waals surface area contributed by atoms with Crippen molar-refractivity contribution in [3.8, 4) is 17.6 Å². The second-order valence-corrected chi connectivity index (χ2v) is 8.55. The van der Waals surface area contributed by atoms with Crippen molar-refractivity contribution in [1.82, 2.24) is 5.32 Å². The Morgan fingerprint density at radius 3 is 2.28 bits per heavy atom. The quantitative estimate of drug-likeness (QED) is 0.542. The first-order chi connectivity index (χ1) is 13.6. The molecule has 0 saturated heterocycles. The number of nitrogens with one attached hydrogen (secondary N) is 1. The van der Waals surface area contributed by atoms with Gasteiger partial charge in [0.15, 0.2) is 11.5 Å². The van der Waals surface area contributed by atoms with E-state index >= 15 is 0 Å². The number of alkyl carbamates (subject to hydrolysis) is 1. The molecule has 0 saturated carbocycles. The summed E-state index contributed by atoms with van der Waals surface area (Å²) in [6, 6.07) is 8.29. The van der Waals surface area contributed by atoms with E-state index in [0.29, 0.717) is 18.0 Å². The SMILES string of the molecule is COc1ccc(C(C#N)(CCCCCNC(=O)OC(C)(C)C)C(C)C)cc1OC. The van der Waals surface area contributed by atoms with Gasteiger partial charge in [0.2, 0.25) is 0 Å². The van der Waals surface area contributed by atoms with Gasteiger partial charge in [-0.25, -0.2) is 4.79 Å². The van der Waals surface area contributed by atoms with Crippen molar-refractivity contribution < 1.29 is 19.0 Å². The second-order valence-electron chi connectivity index (χ2n) is 8.55. The second kappa shape index (κ2) is 10.9. The Labute approximate surface area is 175 Å². The molecule has 0 aliphatic rings. The van der Waals surface area contributed by atoms with Crippen LogP contribution in [0, 0.1) is 17.2 Å². The number of nitriles is 1. The van der Waals surface area contributed by atoms with Crippen LogP contribution in [0.4, 0.5) is 4.79 Å². The number of carbonyl (C=O) groups is 1. The minimum absolute atomic E-state index is 0.144. The van der Waals surface area contributed by atoms with Crippen LogP contribution in [0.5, 0.6) is 11.5 Å². The lowest BCUT2D eigenvalue weighted by molar-refractivity contribution is 0.0527. The number of nitrogens with zero attached hydrogens (tertiary/aromatic N) is 1. The molecule has 29 heavy (non-hydrogen) atoms. The van der Waals surface area contributed by atoms with Gasteiger partial charge in [0.25, 0.3) is 0 Å². The summed E-state index contributed by atoms with van der Waals surface area (Å²) in [5.74, 6) is 1.43. The first kappa shape index (κ1) is 24.6. The van der Waals surface area contributed by atoms with E-state index in [1.807, 2.05) is 39.0 Å². The zero-order chi connectivity index (χ0) is 22.1. The minimum atomic E-state index is -0.599. The number of ether oxygens (including phenoxy) is 3. The first-order valence-electron chi connectivity index (χ1n) is 10.2. The number of rotatable bonds is 10. The number of methoxy groups -OCH3 is 2. The van der Waals surface area contributed by atoms with Crippen molar-refractivity contribution in [1.29, 1.82) is 5.26 Å². The molecule has 0 radical (unpaired) electrons. The molecule has 162 valence electrons.